The molecule has 0 aliphatic heterocycles. The molecule has 28 heavy (non-hydrogen) atoms. The van der Waals surface area contributed by atoms with E-state index in [0.717, 1.165) is 12.1 Å². The first kappa shape index (κ1) is 20.9. The molecule has 0 bridgehead atoms. The summed E-state index contributed by atoms with van der Waals surface area (Å²) in [5, 5.41) is 11.2. The third-order valence-corrected chi connectivity index (χ3v) is 3.74. The summed E-state index contributed by atoms with van der Waals surface area (Å²) >= 11 is 0. The average molecular weight is 399 g/mol. The SMILES string of the molecule is C=C(c1cc(OC)c(OC)c(OC)c1)c1ccc(OC(F)(F)F)c([N+](=O)[O-])c1. The lowest BCUT2D eigenvalue weighted by molar-refractivity contribution is -0.388. The number of nitro groups is 1. The van der Waals surface area contributed by atoms with Gasteiger partial charge >= 0.3 is 12.0 Å². The lowest BCUT2D eigenvalue weighted by Gasteiger charge is -2.16. The molecule has 2 rings (SSSR count). The second-order valence-corrected chi connectivity index (χ2v) is 5.38. The van der Waals surface area contributed by atoms with Gasteiger partial charge in [-0.3, -0.25) is 10.1 Å². The fourth-order valence-corrected chi connectivity index (χ4v) is 2.48. The smallest absolute Gasteiger partial charge is 0.493 e. The van der Waals surface area contributed by atoms with Gasteiger partial charge in [-0.15, -0.1) is 13.2 Å². The zero-order chi connectivity index (χ0) is 21.1. The van der Waals surface area contributed by atoms with Crippen molar-refractivity contribution in [1.82, 2.24) is 0 Å². The molecule has 0 aromatic heterocycles. The number of halogens is 3. The third kappa shape index (κ3) is 4.45. The molecule has 0 radical (unpaired) electrons. The van der Waals surface area contributed by atoms with E-state index in [1.807, 2.05) is 0 Å². The van der Waals surface area contributed by atoms with Crippen molar-refractivity contribution in [2.75, 3.05) is 21.3 Å². The second-order valence-electron chi connectivity index (χ2n) is 5.38. The predicted molar refractivity (Wildman–Crippen MR) is 94.0 cm³/mol. The molecule has 0 N–H and O–H groups in total. The fraction of sp³-hybridized carbons (Fsp3) is 0.222. The van der Waals surface area contributed by atoms with Gasteiger partial charge in [0.2, 0.25) is 11.5 Å². The van der Waals surface area contributed by atoms with Crippen LogP contribution in [0.4, 0.5) is 18.9 Å². The van der Waals surface area contributed by atoms with Crippen LogP contribution in [0.5, 0.6) is 23.0 Å². The zero-order valence-electron chi connectivity index (χ0n) is 15.1. The summed E-state index contributed by atoms with van der Waals surface area (Å²) in [6, 6.07) is 6.18. The van der Waals surface area contributed by atoms with Crippen LogP contribution in [0.2, 0.25) is 0 Å². The summed E-state index contributed by atoms with van der Waals surface area (Å²) in [5.74, 6) is 0.0643. The van der Waals surface area contributed by atoms with E-state index in [9.17, 15) is 23.3 Å². The van der Waals surface area contributed by atoms with Gasteiger partial charge in [-0.25, -0.2) is 0 Å². The molecule has 0 spiro atoms. The van der Waals surface area contributed by atoms with Gasteiger partial charge < -0.3 is 18.9 Å². The van der Waals surface area contributed by atoms with E-state index in [1.165, 1.54) is 27.4 Å². The Kier molecular flexibility index (Phi) is 6.02. The molecule has 0 saturated heterocycles. The molecule has 0 saturated carbocycles. The lowest BCUT2D eigenvalue weighted by Crippen LogP contribution is -2.18. The summed E-state index contributed by atoms with van der Waals surface area (Å²) in [6.45, 7) is 3.87. The van der Waals surface area contributed by atoms with Gasteiger partial charge in [0.15, 0.2) is 11.5 Å². The summed E-state index contributed by atoms with van der Waals surface area (Å²) in [4.78, 5) is 10.2. The molecule has 2 aromatic rings. The number of hydrogen-bond acceptors (Lipinski definition) is 6. The van der Waals surface area contributed by atoms with Crippen LogP contribution in [0.1, 0.15) is 11.1 Å². The van der Waals surface area contributed by atoms with E-state index in [0.29, 0.717) is 28.4 Å². The quantitative estimate of drug-likeness (QED) is 0.501. The summed E-state index contributed by atoms with van der Waals surface area (Å²) in [6.07, 6.45) is -5.06. The highest BCUT2D eigenvalue weighted by Crippen LogP contribution is 2.42. The topological polar surface area (TPSA) is 80.1 Å². The van der Waals surface area contributed by atoms with Gasteiger partial charge in [0, 0.05) is 6.07 Å². The van der Waals surface area contributed by atoms with Gasteiger partial charge in [0.1, 0.15) is 0 Å². The Balaban J connectivity index is 2.52. The molecule has 0 unspecified atom stereocenters. The maximum atomic E-state index is 12.4. The van der Waals surface area contributed by atoms with Crippen LogP contribution in [0.15, 0.2) is 36.9 Å². The van der Waals surface area contributed by atoms with Crippen molar-refractivity contribution in [3.63, 3.8) is 0 Å². The fourth-order valence-electron chi connectivity index (χ4n) is 2.48. The first-order valence-electron chi connectivity index (χ1n) is 7.65. The molecule has 0 aliphatic rings. The van der Waals surface area contributed by atoms with Crippen LogP contribution in [-0.4, -0.2) is 32.6 Å². The Morgan fingerprint density at radius 3 is 1.96 bits per heavy atom. The van der Waals surface area contributed by atoms with Gasteiger partial charge in [0.05, 0.1) is 26.3 Å². The maximum Gasteiger partial charge on any atom is 0.573 e. The molecule has 0 amide bonds. The van der Waals surface area contributed by atoms with Crippen LogP contribution < -0.4 is 18.9 Å². The average Bonchev–Trinajstić information content (AvgIpc) is 2.64. The van der Waals surface area contributed by atoms with Gasteiger partial charge in [-0.1, -0.05) is 12.6 Å². The molecule has 2 aromatic carbocycles. The van der Waals surface area contributed by atoms with Crippen molar-refractivity contribution >= 4 is 11.3 Å². The largest absolute Gasteiger partial charge is 0.573 e. The predicted octanol–water partition coefficient (Wildman–Crippen LogP) is 4.58. The van der Waals surface area contributed by atoms with Gasteiger partial charge in [0.25, 0.3) is 0 Å². The van der Waals surface area contributed by atoms with Crippen molar-refractivity contribution in [1.29, 1.82) is 0 Å². The van der Waals surface area contributed by atoms with Crippen LogP contribution in [0.3, 0.4) is 0 Å². The number of nitrogens with zero attached hydrogens (tertiary/aromatic N) is 1. The highest BCUT2D eigenvalue weighted by Gasteiger charge is 2.34. The van der Waals surface area contributed by atoms with E-state index in [2.05, 4.69) is 11.3 Å². The van der Waals surface area contributed by atoms with Crippen molar-refractivity contribution in [2.24, 2.45) is 0 Å². The normalized spacial score (nSPS) is 10.9. The lowest BCUT2D eigenvalue weighted by atomic mass is 9.98. The zero-order valence-corrected chi connectivity index (χ0v) is 15.1. The van der Waals surface area contributed by atoms with E-state index >= 15 is 0 Å². The van der Waals surface area contributed by atoms with Crippen molar-refractivity contribution in [3.05, 3.63) is 58.2 Å². The summed E-state index contributed by atoms with van der Waals surface area (Å²) in [7, 11) is 4.26. The van der Waals surface area contributed by atoms with Crippen molar-refractivity contribution < 1.29 is 37.0 Å². The van der Waals surface area contributed by atoms with Gasteiger partial charge in [-0.2, -0.15) is 0 Å². The Morgan fingerprint density at radius 1 is 0.964 bits per heavy atom. The second kappa shape index (κ2) is 8.07. The van der Waals surface area contributed by atoms with E-state index in [4.69, 9.17) is 14.2 Å². The number of hydrogen-bond donors (Lipinski definition) is 0. The molecule has 150 valence electrons. The number of methoxy groups -OCH3 is 3. The van der Waals surface area contributed by atoms with E-state index < -0.39 is 22.7 Å². The summed E-state index contributed by atoms with van der Waals surface area (Å²) < 4.78 is 56.7. The molecule has 0 heterocycles. The monoisotopic (exact) mass is 399 g/mol. The minimum atomic E-state index is -5.06. The highest BCUT2D eigenvalue weighted by atomic mass is 19.4. The number of rotatable bonds is 7. The standard InChI is InChI=1S/C18H16F3NO6/c1-10(12-8-15(25-2)17(27-4)16(9-12)26-3)11-5-6-14(28-18(19,20)21)13(7-11)22(23)24/h5-9H,1H2,2-4H3. The Hall–Kier alpha value is -3.43. The van der Waals surface area contributed by atoms with Gasteiger partial charge in [-0.05, 0) is 34.9 Å². The van der Waals surface area contributed by atoms with Crippen molar-refractivity contribution in [3.8, 4) is 23.0 Å². The summed E-state index contributed by atoms with van der Waals surface area (Å²) in [5.41, 5.74) is 0.133. The van der Waals surface area contributed by atoms with E-state index in [1.54, 1.807) is 12.1 Å². The molecular weight excluding hydrogens is 383 g/mol. The van der Waals surface area contributed by atoms with Crippen molar-refractivity contribution in [2.45, 2.75) is 6.36 Å². The Bertz CT molecular complexity index is 886. The number of ether oxygens (including phenoxy) is 4. The third-order valence-electron chi connectivity index (χ3n) is 3.74. The Labute approximate surface area is 158 Å². The molecule has 10 heteroatoms. The molecular formula is C18H16F3NO6. The van der Waals surface area contributed by atoms with Crippen LogP contribution in [0.25, 0.3) is 5.57 Å². The maximum absolute atomic E-state index is 12.4. The Morgan fingerprint density at radius 2 is 1.54 bits per heavy atom. The molecule has 7 nitrogen and oxygen atoms in total. The first-order chi connectivity index (χ1) is 13.1. The first-order valence-corrected chi connectivity index (χ1v) is 7.65. The minimum absolute atomic E-state index is 0.218. The highest BCUT2D eigenvalue weighted by molar-refractivity contribution is 5.82. The van der Waals surface area contributed by atoms with Crippen LogP contribution in [-0.2, 0) is 0 Å². The van der Waals surface area contributed by atoms with Crippen LogP contribution in [0, 0.1) is 10.1 Å². The minimum Gasteiger partial charge on any atom is -0.493 e. The van der Waals surface area contributed by atoms with Crippen LogP contribution >= 0.6 is 0 Å². The number of nitro benzene ring substituents is 1. The van der Waals surface area contributed by atoms with E-state index in [-0.39, 0.29) is 5.56 Å². The molecule has 0 fully saturated rings. The molecule has 0 atom stereocenters. The number of benzene rings is 2. The number of alkyl halides is 3. The molecule has 0 aliphatic carbocycles.